The molecule has 1 aliphatic heterocycles. The van der Waals surface area contributed by atoms with E-state index >= 15 is 0 Å². The Balaban J connectivity index is 1.64. The summed E-state index contributed by atoms with van der Waals surface area (Å²) in [6, 6.07) is 5.25. The summed E-state index contributed by atoms with van der Waals surface area (Å²) in [5.74, 6) is -1.96. The molecule has 0 radical (unpaired) electrons. The van der Waals surface area contributed by atoms with Crippen LogP contribution in [0.4, 0.5) is 4.79 Å². The van der Waals surface area contributed by atoms with Crippen LogP contribution >= 0.6 is 0 Å². The number of hydrogen-bond acceptors (Lipinski definition) is 9. The maximum Gasteiger partial charge on any atom is 0.411 e. The number of carboxylic acids is 1. The lowest BCUT2D eigenvalue weighted by Gasteiger charge is -2.28. The highest BCUT2D eigenvalue weighted by atomic mass is 16.6. The summed E-state index contributed by atoms with van der Waals surface area (Å²) in [5.41, 5.74) is -1.97. The van der Waals surface area contributed by atoms with Gasteiger partial charge in [-0.15, -0.1) is 6.58 Å². The molecule has 1 aromatic heterocycles. The van der Waals surface area contributed by atoms with E-state index in [1.165, 1.54) is 18.1 Å². The van der Waals surface area contributed by atoms with E-state index in [2.05, 4.69) is 16.9 Å². The Morgan fingerprint density at radius 3 is 2.56 bits per heavy atom. The molecular formula is C29H35N3O9. The van der Waals surface area contributed by atoms with Crippen molar-refractivity contribution in [3.05, 3.63) is 42.6 Å². The van der Waals surface area contributed by atoms with Gasteiger partial charge in [0.25, 0.3) is 0 Å². The molecule has 1 saturated heterocycles. The standard InChI is InChI=1S/C29H35N3O9/c1-7-16-14-29(16,26(36)39-8-2)31-24(33)22-12-18(15-32(22)27(37)41-28(3,4)5)40-23-13-21(25(34)35)30-20-11-17(38-6)9-10-19(20)23/h7,9-11,13,16,18,22H,1,8,12,14-15H2,2-6H3,(H,31,33)(H,34,35)/t16-,18-,22+,29-/m1/s1. The van der Waals surface area contributed by atoms with E-state index in [0.29, 0.717) is 23.1 Å². The van der Waals surface area contributed by atoms with Crippen LogP contribution in [0.15, 0.2) is 36.9 Å². The molecule has 4 rings (SSSR count). The molecule has 220 valence electrons. The normalized spacial score (nSPS) is 23.4. The van der Waals surface area contributed by atoms with Gasteiger partial charge in [-0.2, -0.15) is 0 Å². The second-order valence-electron chi connectivity index (χ2n) is 11.0. The molecule has 1 aliphatic carbocycles. The van der Waals surface area contributed by atoms with Crippen LogP contribution < -0.4 is 14.8 Å². The van der Waals surface area contributed by atoms with E-state index in [1.807, 2.05) is 0 Å². The van der Waals surface area contributed by atoms with Gasteiger partial charge in [0, 0.05) is 29.9 Å². The third-order valence-electron chi connectivity index (χ3n) is 6.97. The zero-order chi connectivity index (χ0) is 30.1. The number of nitrogens with zero attached hydrogens (tertiary/aromatic N) is 2. The first-order valence-electron chi connectivity index (χ1n) is 13.3. The van der Waals surface area contributed by atoms with Crippen molar-refractivity contribution in [1.82, 2.24) is 15.2 Å². The van der Waals surface area contributed by atoms with Crippen molar-refractivity contribution in [2.24, 2.45) is 5.92 Å². The molecule has 2 amide bonds. The number of aromatic carboxylic acids is 1. The van der Waals surface area contributed by atoms with Crippen LogP contribution in [0.2, 0.25) is 0 Å². The van der Waals surface area contributed by atoms with Gasteiger partial charge in [0.1, 0.15) is 34.8 Å². The van der Waals surface area contributed by atoms with Gasteiger partial charge in [0.05, 0.1) is 25.8 Å². The first kappa shape index (κ1) is 29.6. The molecule has 12 heteroatoms. The quantitative estimate of drug-likeness (QED) is 0.340. The summed E-state index contributed by atoms with van der Waals surface area (Å²) >= 11 is 0. The number of hydrogen-bond donors (Lipinski definition) is 2. The van der Waals surface area contributed by atoms with Crippen LogP contribution in [0.1, 0.15) is 51.0 Å². The number of esters is 1. The lowest BCUT2D eigenvalue weighted by Crippen LogP contribution is -2.53. The summed E-state index contributed by atoms with van der Waals surface area (Å²) < 4.78 is 22.2. The zero-order valence-electron chi connectivity index (χ0n) is 23.8. The first-order valence-corrected chi connectivity index (χ1v) is 13.3. The Kier molecular flexibility index (Phi) is 8.14. The minimum absolute atomic E-state index is 0.0212. The molecule has 4 atom stereocenters. The smallest absolute Gasteiger partial charge is 0.411 e. The van der Waals surface area contributed by atoms with Gasteiger partial charge in [-0.1, -0.05) is 6.08 Å². The molecule has 2 fully saturated rings. The zero-order valence-corrected chi connectivity index (χ0v) is 23.8. The molecule has 2 heterocycles. The summed E-state index contributed by atoms with van der Waals surface area (Å²) in [6.07, 6.45) is 0.559. The fourth-order valence-corrected chi connectivity index (χ4v) is 4.91. The number of carbonyl (C=O) groups excluding carboxylic acids is 3. The van der Waals surface area contributed by atoms with E-state index in [0.717, 1.165) is 0 Å². The van der Waals surface area contributed by atoms with Crippen molar-refractivity contribution in [3.63, 3.8) is 0 Å². The van der Waals surface area contributed by atoms with Crippen LogP contribution in [-0.2, 0) is 19.1 Å². The van der Waals surface area contributed by atoms with Crippen molar-refractivity contribution >= 4 is 34.8 Å². The van der Waals surface area contributed by atoms with Crippen LogP contribution in [0, 0.1) is 5.92 Å². The Hall–Kier alpha value is -4.35. The minimum Gasteiger partial charge on any atom is -0.497 e. The van der Waals surface area contributed by atoms with E-state index in [-0.39, 0.29) is 36.9 Å². The highest BCUT2D eigenvalue weighted by Gasteiger charge is 2.62. The molecular weight excluding hydrogens is 534 g/mol. The van der Waals surface area contributed by atoms with Gasteiger partial charge in [-0.05, 0) is 46.2 Å². The third kappa shape index (κ3) is 6.21. The molecule has 0 unspecified atom stereocenters. The number of rotatable bonds is 9. The molecule has 1 aromatic carbocycles. The Morgan fingerprint density at radius 2 is 1.98 bits per heavy atom. The second kappa shape index (κ2) is 11.3. The summed E-state index contributed by atoms with van der Waals surface area (Å²) in [7, 11) is 1.49. The number of ether oxygens (including phenoxy) is 4. The molecule has 0 bridgehead atoms. The van der Waals surface area contributed by atoms with Gasteiger partial charge in [-0.25, -0.2) is 19.4 Å². The lowest BCUT2D eigenvalue weighted by atomic mass is 10.1. The number of benzene rings is 1. The van der Waals surface area contributed by atoms with E-state index in [9.17, 15) is 24.3 Å². The third-order valence-corrected chi connectivity index (χ3v) is 6.97. The number of amides is 2. The molecule has 41 heavy (non-hydrogen) atoms. The fourth-order valence-electron chi connectivity index (χ4n) is 4.91. The minimum atomic E-state index is -1.25. The molecule has 2 aliphatic rings. The topological polar surface area (TPSA) is 154 Å². The van der Waals surface area contributed by atoms with Gasteiger partial charge in [0.15, 0.2) is 5.69 Å². The molecule has 12 nitrogen and oxygen atoms in total. The summed E-state index contributed by atoms with van der Waals surface area (Å²) in [5, 5.41) is 12.9. The summed E-state index contributed by atoms with van der Waals surface area (Å²) in [6.45, 7) is 10.7. The van der Waals surface area contributed by atoms with Crippen molar-refractivity contribution in [2.45, 2.75) is 63.8 Å². The Labute approximate surface area is 237 Å². The number of carbonyl (C=O) groups is 4. The lowest BCUT2D eigenvalue weighted by molar-refractivity contribution is -0.149. The van der Waals surface area contributed by atoms with E-state index < -0.39 is 47.2 Å². The SMILES string of the molecule is C=C[C@@H]1C[C@]1(NC(=O)[C@@H]1C[C@@H](Oc2cc(C(=O)O)nc3cc(OC)ccc23)CN1C(=O)OC(C)(C)C)C(=O)OCC. The van der Waals surface area contributed by atoms with Crippen LogP contribution in [-0.4, -0.2) is 82.5 Å². The Morgan fingerprint density at radius 1 is 1.24 bits per heavy atom. The van der Waals surface area contributed by atoms with Crippen LogP contribution in [0.3, 0.4) is 0 Å². The average Bonchev–Trinajstić information content (AvgIpc) is 3.46. The van der Waals surface area contributed by atoms with E-state index in [4.69, 9.17) is 18.9 Å². The van der Waals surface area contributed by atoms with Crippen LogP contribution in [0.5, 0.6) is 11.5 Å². The summed E-state index contributed by atoms with van der Waals surface area (Å²) in [4.78, 5) is 56.8. The second-order valence-corrected chi connectivity index (χ2v) is 11.0. The average molecular weight is 570 g/mol. The van der Waals surface area contributed by atoms with Crippen molar-refractivity contribution < 1.29 is 43.2 Å². The molecule has 0 spiro atoms. The molecule has 2 N–H and O–H groups in total. The molecule has 1 saturated carbocycles. The number of likely N-dealkylation sites (tertiary alicyclic amines) is 1. The first-order chi connectivity index (χ1) is 19.3. The monoisotopic (exact) mass is 569 g/mol. The van der Waals surface area contributed by atoms with Gasteiger partial charge in [0.2, 0.25) is 5.91 Å². The van der Waals surface area contributed by atoms with Crippen molar-refractivity contribution in [1.29, 1.82) is 0 Å². The number of pyridine rings is 1. The van der Waals surface area contributed by atoms with Crippen molar-refractivity contribution in [2.75, 3.05) is 20.3 Å². The van der Waals surface area contributed by atoms with Crippen LogP contribution in [0.25, 0.3) is 10.9 Å². The highest BCUT2D eigenvalue weighted by Crippen LogP contribution is 2.46. The number of methoxy groups -OCH3 is 1. The number of aromatic nitrogens is 1. The predicted octanol–water partition coefficient (Wildman–Crippen LogP) is 3.32. The Bertz CT molecular complexity index is 1390. The predicted molar refractivity (Wildman–Crippen MR) is 147 cm³/mol. The molecule has 2 aromatic rings. The largest absolute Gasteiger partial charge is 0.497 e. The van der Waals surface area contributed by atoms with Gasteiger partial charge < -0.3 is 29.4 Å². The maximum atomic E-state index is 13.6. The highest BCUT2D eigenvalue weighted by molar-refractivity contribution is 5.95. The number of fused-ring (bicyclic) bond motifs is 1. The number of nitrogens with one attached hydrogen (secondary N) is 1. The fraction of sp³-hybridized carbons (Fsp3) is 0.483. The van der Waals surface area contributed by atoms with Gasteiger partial charge in [-0.3, -0.25) is 9.69 Å². The van der Waals surface area contributed by atoms with E-state index in [1.54, 1.807) is 52.0 Å². The van der Waals surface area contributed by atoms with Crippen molar-refractivity contribution in [3.8, 4) is 11.5 Å². The van der Waals surface area contributed by atoms with Gasteiger partial charge >= 0.3 is 18.0 Å². The maximum absolute atomic E-state index is 13.6. The number of carboxylic acid groups (broad SMARTS) is 1.